The van der Waals surface area contributed by atoms with Crippen LogP contribution in [0.2, 0.25) is 0 Å². The molecular formula is C16H24N4. The maximum Gasteiger partial charge on any atom is 0.203 e. The van der Waals surface area contributed by atoms with Gasteiger partial charge in [-0.25, -0.2) is 4.98 Å². The van der Waals surface area contributed by atoms with Gasteiger partial charge >= 0.3 is 0 Å². The van der Waals surface area contributed by atoms with Crippen molar-refractivity contribution in [2.75, 3.05) is 32.0 Å². The number of para-hydroxylation sites is 2. The lowest BCUT2D eigenvalue weighted by Crippen LogP contribution is -2.40. The zero-order valence-electron chi connectivity index (χ0n) is 12.7. The van der Waals surface area contributed by atoms with E-state index in [9.17, 15) is 0 Å². The molecule has 2 heterocycles. The topological polar surface area (TPSA) is 33.1 Å². The van der Waals surface area contributed by atoms with E-state index in [0.29, 0.717) is 5.41 Å². The van der Waals surface area contributed by atoms with E-state index in [1.54, 1.807) is 0 Å². The van der Waals surface area contributed by atoms with E-state index in [-0.39, 0.29) is 0 Å². The van der Waals surface area contributed by atoms with Crippen molar-refractivity contribution >= 4 is 17.0 Å². The zero-order valence-corrected chi connectivity index (χ0v) is 12.7. The van der Waals surface area contributed by atoms with Crippen molar-refractivity contribution in [2.45, 2.75) is 19.8 Å². The summed E-state index contributed by atoms with van der Waals surface area (Å²) < 4.78 is 2.15. The summed E-state index contributed by atoms with van der Waals surface area (Å²) in [5, 5.41) is 3.56. The molecule has 20 heavy (non-hydrogen) atoms. The Kier molecular flexibility index (Phi) is 3.42. The van der Waals surface area contributed by atoms with Crippen LogP contribution >= 0.6 is 0 Å². The van der Waals surface area contributed by atoms with Crippen molar-refractivity contribution in [2.24, 2.45) is 12.5 Å². The largest absolute Gasteiger partial charge is 0.355 e. The first-order valence-electron chi connectivity index (χ1n) is 7.41. The van der Waals surface area contributed by atoms with Crippen LogP contribution in [0.25, 0.3) is 11.0 Å². The lowest BCUT2D eigenvalue weighted by molar-refractivity contribution is 0.150. The number of imidazole rings is 1. The van der Waals surface area contributed by atoms with Gasteiger partial charge in [0.15, 0.2) is 0 Å². The van der Waals surface area contributed by atoms with Gasteiger partial charge < -0.3 is 14.8 Å². The molecule has 0 unspecified atom stereocenters. The first-order chi connectivity index (χ1) is 9.57. The van der Waals surface area contributed by atoms with Crippen molar-refractivity contribution in [3.8, 4) is 0 Å². The van der Waals surface area contributed by atoms with Gasteiger partial charge in [0.25, 0.3) is 0 Å². The highest BCUT2D eigenvalue weighted by Gasteiger charge is 2.28. The molecule has 0 spiro atoms. The number of likely N-dealkylation sites (tertiary alicyclic amines) is 1. The van der Waals surface area contributed by atoms with Gasteiger partial charge in [0.05, 0.1) is 11.0 Å². The minimum absolute atomic E-state index is 0.380. The van der Waals surface area contributed by atoms with E-state index in [0.717, 1.165) is 18.0 Å². The van der Waals surface area contributed by atoms with Gasteiger partial charge in [-0.05, 0) is 50.5 Å². The van der Waals surface area contributed by atoms with Crippen LogP contribution < -0.4 is 5.32 Å². The van der Waals surface area contributed by atoms with Crippen LogP contribution in [0.4, 0.5) is 5.95 Å². The number of fused-ring (bicyclic) bond motifs is 1. The summed E-state index contributed by atoms with van der Waals surface area (Å²) in [5.74, 6) is 0.978. The molecule has 2 aromatic rings. The van der Waals surface area contributed by atoms with Gasteiger partial charge in [0, 0.05) is 13.6 Å². The van der Waals surface area contributed by atoms with Gasteiger partial charge in [0.1, 0.15) is 0 Å². The Balaban J connectivity index is 1.72. The Morgan fingerprint density at radius 3 is 2.60 bits per heavy atom. The average Bonchev–Trinajstić information content (AvgIpc) is 2.78. The molecule has 0 aliphatic carbocycles. The Hall–Kier alpha value is -1.55. The third-order valence-electron chi connectivity index (χ3n) is 4.65. The number of aromatic nitrogens is 2. The normalized spacial score (nSPS) is 19.4. The smallest absolute Gasteiger partial charge is 0.203 e. The molecule has 0 atom stereocenters. The minimum Gasteiger partial charge on any atom is -0.355 e. The number of nitrogens with one attached hydrogen (secondary N) is 1. The molecule has 4 nitrogen and oxygen atoms in total. The molecule has 1 aliphatic heterocycles. The summed E-state index contributed by atoms with van der Waals surface area (Å²) in [4.78, 5) is 7.10. The van der Waals surface area contributed by atoms with Crippen LogP contribution in [0.3, 0.4) is 0 Å². The molecule has 4 heteroatoms. The molecule has 1 saturated heterocycles. The molecule has 0 bridgehead atoms. The molecule has 0 saturated carbocycles. The van der Waals surface area contributed by atoms with Crippen molar-refractivity contribution in [3.05, 3.63) is 24.3 Å². The predicted molar refractivity (Wildman–Crippen MR) is 84.0 cm³/mol. The van der Waals surface area contributed by atoms with E-state index in [4.69, 9.17) is 0 Å². The van der Waals surface area contributed by atoms with Gasteiger partial charge in [0.2, 0.25) is 5.95 Å². The number of rotatable bonds is 3. The highest BCUT2D eigenvalue weighted by molar-refractivity contribution is 5.78. The van der Waals surface area contributed by atoms with Crippen LogP contribution in [0.15, 0.2) is 24.3 Å². The van der Waals surface area contributed by atoms with Crippen molar-refractivity contribution in [1.82, 2.24) is 14.5 Å². The van der Waals surface area contributed by atoms with Gasteiger partial charge in [-0.15, -0.1) is 0 Å². The molecule has 108 valence electrons. The van der Waals surface area contributed by atoms with E-state index >= 15 is 0 Å². The molecule has 1 aromatic heterocycles. The molecule has 1 aromatic carbocycles. The second-order valence-corrected chi connectivity index (χ2v) is 6.45. The molecule has 3 rings (SSSR count). The zero-order chi connectivity index (χ0) is 14.2. The number of aryl methyl sites for hydroxylation is 1. The number of benzene rings is 1. The monoisotopic (exact) mass is 272 g/mol. The van der Waals surface area contributed by atoms with Crippen molar-refractivity contribution < 1.29 is 0 Å². The first kappa shape index (κ1) is 13.4. The molecule has 1 aliphatic rings. The number of hydrogen-bond acceptors (Lipinski definition) is 3. The highest BCUT2D eigenvalue weighted by Crippen LogP contribution is 2.30. The van der Waals surface area contributed by atoms with E-state index in [1.165, 1.54) is 31.4 Å². The minimum atomic E-state index is 0.380. The molecule has 0 radical (unpaired) electrons. The third kappa shape index (κ3) is 2.52. The van der Waals surface area contributed by atoms with Crippen LogP contribution in [-0.2, 0) is 7.05 Å². The van der Waals surface area contributed by atoms with E-state index in [1.807, 2.05) is 6.07 Å². The maximum absolute atomic E-state index is 4.68. The fourth-order valence-electron chi connectivity index (χ4n) is 2.93. The van der Waals surface area contributed by atoms with Crippen LogP contribution in [0, 0.1) is 5.41 Å². The number of nitrogens with zero attached hydrogens (tertiary/aromatic N) is 3. The average molecular weight is 272 g/mol. The van der Waals surface area contributed by atoms with Gasteiger partial charge in [-0.2, -0.15) is 0 Å². The molecule has 0 amide bonds. The summed E-state index contributed by atoms with van der Waals surface area (Å²) in [5.41, 5.74) is 2.62. The lowest BCUT2D eigenvalue weighted by atomic mass is 9.80. The number of piperidine rings is 1. The van der Waals surface area contributed by atoms with Crippen molar-refractivity contribution in [3.63, 3.8) is 0 Å². The van der Waals surface area contributed by atoms with E-state index < -0.39 is 0 Å². The highest BCUT2D eigenvalue weighted by atomic mass is 15.2. The van der Waals surface area contributed by atoms with Crippen LogP contribution in [0.5, 0.6) is 0 Å². The fraction of sp³-hybridized carbons (Fsp3) is 0.562. The lowest BCUT2D eigenvalue weighted by Gasteiger charge is -2.38. The van der Waals surface area contributed by atoms with Crippen LogP contribution in [0.1, 0.15) is 19.8 Å². The summed E-state index contributed by atoms with van der Waals surface area (Å²) in [6.07, 6.45) is 2.50. The van der Waals surface area contributed by atoms with E-state index in [2.05, 4.69) is 59.0 Å². The first-order valence-corrected chi connectivity index (χ1v) is 7.41. The number of anilines is 1. The number of hydrogen-bond donors (Lipinski definition) is 1. The summed E-state index contributed by atoms with van der Waals surface area (Å²) in [6.45, 7) is 5.77. The Morgan fingerprint density at radius 2 is 1.90 bits per heavy atom. The quantitative estimate of drug-likeness (QED) is 0.932. The van der Waals surface area contributed by atoms with Crippen LogP contribution in [-0.4, -0.2) is 41.1 Å². The second kappa shape index (κ2) is 5.09. The summed E-state index contributed by atoms with van der Waals surface area (Å²) >= 11 is 0. The van der Waals surface area contributed by atoms with Crippen molar-refractivity contribution in [1.29, 1.82) is 0 Å². The standard InChI is InChI=1S/C16H24N4/c1-16(8-10-19(2)11-9-16)12-17-15-18-13-6-4-5-7-14(13)20(15)3/h4-7H,8-12H2,1-3H3,(H,17,18). The fourth-order valence-corrected chi connectivity index (χ4v) is 2.93. The summed E-state index contributed by atoms with van der Waals surface area (Å²) in [7, 11) is 4.28. The maximum atomic E-state index is 4.68. The molecular weight excluding hydrogens is 248 g/mol. The Morgan fingerprint density at radius 1 is 1.20 bits per heavy atom. The third-order valence-corrected chi connectivity index (χ3v) is 4.65. The predicted octanol–water partition coefficient (Wildman–Crippen LogP) is 2.72. The SMILES string of the molecule is CN1CCC(C)(CNc2nc3ccccc3n2C)CC1. The Labute approximate surface area is 120 Å². The molecule has 1 N–H and O–H groups in total. The van der Waals surface area contributed by atoms with Gasteiger partial charge in [-0.1, -0.05) is 19.1 Å². The van der Waals surface area contributed by atoms with Gasteiger partial charge in [-0.3, -0.25) is 0 Å². The Bertz CT molecular complexity index is 594. The molecule has 1 fully saturated rings. The second-order valence-electron chi connectivity index (χ2n) is 6.45. The summed E-state index contributed by atoms with van der Waals surface area (Å²) in [6, 6.07) is 8.28.